The molecule has 8 nitrogen and oxygen atoms in total. The lowest BCUT2D eigenvalue weighted by Gasteiger charge is -2.14. The number of hydrogen-bond donors (Lipinski definition) is 3. The van der Waals surface area contributed by atoms with Crippen molar-refractivity contribution in [1.82, 2.24) is 19.7 Å². The van der Waals surface area contributed by atoms with Crippen molar-refractivity contribution in [3.05, 3.63) is 99.9 Å². The summed E-state index contributed by atoms with van der Waals surface area (Å²) in [6.07, 6.45) is 1.93. The number of rotatable bonds is 8. The van der Waals surface area contributed by atoms with E-state index in [2.05, 4.69) is 31.4 Å². The molecule has 206 valence electrons. The van der Waals surface area contributed by atoms with E-state index in [-0.39, 0.29) is 18.6 Å². The molecule has 0 atom stereocenters. The molecule has 2 amide bonds. The van der Waals surface area contributed by atoms with Crippen LogP contribution in [0.1, 0.15) is 37.6 Å². The van der Waals surface area contributed by atoms with Gasteiger partial charge in [0.05, 0.1) is 11.4 Å². The van der Waals surface area contributed by atoms with Crippen molar-refractivity contribution < 1.29 is 19.0 Å². The minimum atomic E-state index is -0.455. The van der Waals surface area contributed by atoms with E-state index in [0.717, 1.165) is 27.5 Å². The Morgan fingerprint density at radius 1 is 1.07 bits per heavy atom. The molecule has 0 aliphatic carbocycles. The predicted octanol–water partition coefficient (Wildman–Crippen LogP) is 3.97. The van der Waals surface area contributed by atoms with Gasteiger partial charge in [0.25, 0.3) is 0 Å². The van der Waals surface area contributed by atoms with E-state index >= 15 is 0 Å². The fourth-order valence-corrected chi connectivity index (χ4v) is 4.39. The fraction of sp³-hybridized carbons (Fsp3) is 0.258. The third kappa shape index (κ3) is 5.89. The Labute approximate surface area is 232 Å². The maximum Gasteiger partial charge on any atom is 0.320 e. The van der Waals surface area contributed by atoms with Crippen molar-refractivity contribution >= 4 is 18.0 Å². The van der Waals surface area contributed by atoms with Gasteiger partial charge in [0.2, 0.25) is 5.36 Å². The molecule has 1 aromatic heterocycles. The van der Waals surface area contributed by atoms with E-state index in [1.54, 1.807) is 10.7 Å². The Bertz CT molecular complexity index is 1690. The maximum absolute atomic E-state index is 14.2. The highest BCUT2D eigenvalue weighted by molar-refractivity contribution is 5.88. The van der Waals surface area contributed by atoms with Crippen molar-refractivity contribution in [3.63, 3.8) is 0 Å². The second kappa shape index (κ2) is 10.9. The maximum atomic E-state index is 14.2. The molecular weight excluding hydrogens is 509 g/mol. The number of anilines is 1. The number of carbonyl (C=O) groups is 1. The second-order valence-corrected chi connectivity index (χ2v) is 10.8. The number of ether oxygens (including phenoxy) is 1. The lowest BCUT2D eigenvalue weighted by atomic mass is 9.92. The van der Waals surface area contributed by atoms with E-state index in [9.17, 15) is 9.18 Å². The van der Waals surface area contributed by atoms with Gasteiger partial charge in [-0.3, -0.25) is 5.32 Å². The molecule has 9 heteroatoms. The van der Waals surface area contributed by atoms with Gasteiger partial charge in [-0.25, -0.2) is 13.9 Å². The fourth-order valence-electron chi connectivity index (χ4n) is 4.39. The van der Waals surface area contributed by atoms with Crippen LogP contribution in [0.4, 0.5) is 15.0 Å². The molecule has 2 heterocycles. The van der Waals surface area contributed by atoms with Crippen molar-refractivity contribution in [2.45, 2.75) is 39.7 Å². The van der Waals surface area contributed by atoms with Crippen LogP contribution < -0.4 is 30.5 Å². The third-order valence-corrected chi connectivity index (χ3v) is 6.63. The van der Waals surface area contributed by atoms with Gasteiger partial charge in [0, 0.05) is 35.7 Å². The molecule has 5 rings (SSSR count). The van der Waals surface area contributed by atoms with Gasteiger partial charge in [-0.05, 0) is 43.3 Å². The van der Waals surface area contributed by atoms with Crippen LogP contribution in [0.3, 0.4) is 0 Å². The van der Waals surface area contributed by atoms with Crippen LogP contribution >= 0.6 is 0 Å². The van der Waals surface area contributed by atoms with Crippen LogP contribution in [-0.4, -0.2) is 34.1 Å². The van der Waals surface area contributed by atoms with Crippen LogP contribution in [0, 0.1) is 12.7 Å². The summed E-state index contributed by atoms with van der Waals surface area (Å²) in [6.45, 7) is 8.85. The molecule has 0 unspecified atom stereocenters. The zero-order chi connectivity index (χ0) is 28.4. The van der Waals surface area contributed by atoms with E-state index in [1.807, 2.05) is 66.2 Å². The topological polar surface area (TPSA) is 91.4 Å². The SMILES string of the molecule is Cc1ccc(-n2nc(C(C)(C)C)cc2NC(=O)NCc2cc(F)ccc2Oc2ccc3c(c2)=C[N+]=3CCO)cc1. The van der Waals surface area contributed by atoms with Crippen molar-refractivity contribution in [2.24, 2.45) is 0 Å². The molecule has 0 bridgehead atoms. The number of aryl methyl sites for hydroxylation is 1. The largest absolute Gasteiger partial charge is 0.457 e. The highest BCUT2D eigenvalue weighted by Crippen LogP contribution is 2.27. The highest BCUT2D eigenvalue weighted by Gasteiger charge is 2.22. The summed E-state index contributed by atoms with van der Waals surface area (Å²) in [6, 6.07) is 19.1. The zero-order valence-electron chi connectivity index (χ0n) is 23.0. The number of benzene rings is 3. The average molecular weight is 543 g/mol. The molecule has 0 saturated carbocycles. The highest BCUT2D eigenvalue weighted by atomic mass is 19.1. The minimum Gasteiger partial charge on any atom is -0.457 e. The summed E-state index contributed by atoms with van der Waals surface area (Å²) >= 11 is 0. The number of urea groups is 1. The zero-order valence-corrected chi connectivity index (χ0v) is 23.0. The van der Waals surface area contributed by atoms with Crippen molar-refractivity contribution in [3.8, 4) is 17.2 Å². The molecule has 3 aromatic carbocycles. The molecule has 0 radical (unpaired) electrons. The van der Waals surface area contributed by atoms with Crippen LogP contribution in [-0.2, 0) is 12.0 Å². The third-order valence-electron chi connectivity index (χ3n) is 6.63. The first-order chi connectivity index (χ1) is 19.1. The molecular formula is C31H33FN5O3+. The second-order valence-electron chi connectivity index (χ2n) is 10.8. The number of fused-ring (bicyclic) bond motifs is 1. The number of β-amino-alcohol motifs (C(OH)–C–C–N with tert-alkyl or cyclic N) is 1. The molecule has 4 aromatic rings. The lowest BCUT2D eigenvalue weighted by Crippen LogP contribution is -2.47. The summed E-state index contributed by atoms with van der Waals surface area (Å²) in [5.41, 5.74) is 3.06. The number of aliphatic hydroxyl groups excluding tert-OH is 1. The molecule has 1 aliphatic heterocycles. The summed E-state index contributed by atoms with van der Waals surface area (Å²) in [5.74, 6) is 1.12. The van der Waals surface area contributed by atoms with Crippen molar-refractivity contribution in [1.29, 1.82) is 0 Å². The van der Waals surface area contributed by atoms with Gasteiger partial charge in [-0.2, -0.15) is 9.67 Å². The van der Waals surface area contributed by atoms with Crippen LogP contribution in [0.15, 0.2) is 66.7 Å². The standard InChI is InChI=1S/C31H32FN5O3/c1-20-5-8-24(9-6-20)37-29(17-28(35-37)31(2,3)4)34-30(39)33-18-21-15-23(32)7-12-27(21)40-25-10-11-26-22(16-25)19-36(26)13-14-38/h5-12,15-17,19,38H,13-14,18H2,1-4H3,(H-,33,34,35,39)/p+1. The van der Waals surface area contributed by atoms with E-state index < -0.39 is 11.8 Å². The van der Waals surface area contributed by atoms with Gasteiger partial charge in [0.1, 0.15) is 35.0 Å². The Morgan fingerprint density at radius 2 is 1.85 bits per heavy atom. The molecule has 0 fully saturated rings. The number of nitrogens with one attached hydrogen (secondary N) is 2. The quantitative estimate of drug-likeness (QED) is 0.294. The van der Waals surface area contributed by atoms with Gasteiger partial charge in [0.15, 0.2) is 12.7 Å². The molecule has 40 heavy (non-hydrogen) atoms. The monoisotopic (exact) mass is 542 g/mol. The lowest BCUT2D eigenvalue weighted by molar-refractivity contribution is 0.251. The number of amides is 2. The predicted molar refractivity (Wildman–Crippen MR) is 153 cm³/mol. The number of aliphatic hydroxyl groups is 1. The Kier molecular flexibility index (Phi) is 7.40. The van der Waals surface area contributed by atoms with E-state index in [1.165, 1.54) is 12.1 Å². The average Bonchev–Trinajstić information content (AvgIpc) is 3.32. The number of hydrogen-bond acceptors (Lipinski definition) is 4. The Morgan fingerprint density at radius 3 is 2.55 bits per heavy atom. The molecule has 3 N–H and O–H groups in total. The van der Waals surface area contributed by atoms with Crippen LogP contribution in [0.25, 0.3) is 11.9 Å². The summed E-state index contributed by atoms with van der Waals surface area (Å²) < 4.78 is 23.9. The normalized spacial score (nSPS) is 12.3. The van der Waals surface area contributed by atoms with Crippen LogP contribution in [0.2, 0.25) is 0 Å². The summed E-state index contributed by atoms with van der Waals surface area (Å²) in [7, 11) is 0. The van der Waals surface area contributed by atoms with Gasteiger partial charge in [-0.15, -0.1) is 0 Å². The number of carbonyl (C=O) groups excluding carboxylic acids is 1. The summed E-state index contributed by atoms with van der Waals surface area (Å²) in [4.78, 5) is 13.0. The number of halogens is 1. The molecule has 0 saturated heterocycles. The smallest absolute Gasteiger partial charge is 0.320 e. The van der Waals surface area contributed by atoms with E-state index in [0.29, 0.717) is 29.4 Å². The number of aromatic nitrogens is 2. The van der Waals surface area contributed by atoms with Gasteiger partial charge >= 0.3 is 6.03 Å². The molecule has 1 aliphatic rings. The van der Waals surface area contributed by atoms with Gasteiger partial charge < -0.3 is 15.2 Å². The molecule has 0 spiro atoms. The van der Waals surface area contributed by atoms with Crippen LogP contribution in [0.5, 0.6) is 11.5 Å². The first-order valence-corrected chi connectivity index (χ1v) is 13.2. The Balaban J connectivity index is 1.32. The number of nitrogens with zero attached hydrogens (tertiary/aromatic N) is 3. The van der Waals surface area contributed by atoms with Crippen molar-refractivity contribution in [2.75, 3.05) is 18.5 Å². The van der Waals surface area contributed by atoms with Gasteiger partial charge in [-0.1, -0.05) is 38.5 Å². The van der Waals surface area contributed by atoms with E-state index in [4.69, 9.17) is 14.9 Å². The minimum absolute atomic E-state index is 0.0467. The first kappa shape index (κ1) is 27.1. The Hall–Kier alpha value is -4.50. The summed E-state index contributed by atoms with van der Waals surface area (Å²) in [5, 5.41) is 21.6. The first-order valence-electron chi connectivity index (χ1n) is 13.2.